The van der Waals surface area contributed by atoms with Crippen molar-refractivity contribution in [1.82, 2.24) is 0 Å². The van der Waals surface area contributed by atoms with Crippen molar-refractivity contribution < 1.29 is 10.0 Å². The molecule has 1 rings (SSSR count). The molecule has 1 aromatic carbocycles. The Labute approximate surface area is 89.8 Å². The van der Waals surface area contributed by atoms with Gasteiger partial charge in [-0.15, -0.1) is 0 Å². The highest BCUT2D eigenvalue weighted by Gasteiger charge is 2.23. The summed E-state index contributed by atoms with van der Waals surface area (Å²) in [6.07, 6.45) is 0. The number of benzene rings is 1. The predicted molar refractivity (Wildman–Crippen MR) is 56.7 cm³/mol. The number of phenolic OH excluding ortho intramolecular Hbond substituents is 1. The number of phenols is 1. The second-order valence-electron chi connectivity index (χ2n) is 3.14. The summed E-state index contributed by atoms with van der Waals surface area (Å²) in [6.45, 7) is 4.99. The smallest absolute Gasteiger partial charge is 0.290 e. The van der Waals surface area contributed by atoms with E-state index in [1.165, 1.54) is 6.92 Å². The van der Waals surface area contributed by atoms with Gasteiger partial charge >= 0.3 is 0 Å². The Morgan fingerprint density at radius 3 is 2.14 bits per heavy atom. The molecule has 1 aromatic rings. The number of hydrogen-bond donors (Lipinski definition) is 1. The van der Waals surface area contributed by atoms with Crippen molar-refractivity contribution in [1.29, 1.82) is 0 Å². The lowest BCUT2D eigenvalue weighted by atomic mass is 10.0. The van der Waals surface area contributed by atoms with E-state index < -0.39 is 4.92 Å². The largest absolute Gasteiger partial charge is 0.507 e. The normalized spacial score (nSPS) is 10.3. The van der Waals surface area contributed by atoms with Gasteiger partial charge in [0.15, 0.2) is 0 Å². The van der Waals surface area contributed by atoms with Crippen LogP contribution in [0, 0.1) is 30.9 Å². The van der Waals surface area contributed by atoms with Gasteiger partial charge in [-0.2, -0.15) is 0 Å². The molecule has 0 aliphatic rings. The Balaban J connectivity index is 3.68. The molecular weight excluding hydrogens is 250 g/mol. The van der Waals surface area contributed by atoms with Gasteiger partial charge in [-0.3, -0.25) is 10.1 Å². The van der Waals surface area contributed by atoms with Gasteiger partial charge < -0.3 is 5.11 Å². The first kappa shape index (κ1) is 11.0. The van der Waals surface area contributed by atoms with Gasteiger partial charge in [0.25, 0.3) is 5.69 Å². The van der Waals surface area contributed by atoms with Crippen LogP contribution < -0.4 is 0 Å². The Hall–Kier alpha value is -1.10. The minimum atomic E-state index is -0.494. The molecule has 14 heavy (non-hydrogen) atoms. The van der Waals surface area contributed by atoms with E-state index in [2.05, 4.69) is 15.9 Å². The van der Waals surface area contributed by atoms with Crippen LogP contribution in [0.1, 0.15) is 16.7 Å². The molecule has 0 amide bonds. The van der Waals surface area contributed by atoms with E-state index in [0.717, 1.165) is 0 Å². The summed E-state index contributed by atoms with van der Waals surface area (Å²) in [5.41, 5.74) is 1.59. The average Bonchev–Trinajstić information content (AvgIpc) is 2.11. The second kappa shape index (κ2) is 3.57. The fraction of sp³-hybridized carbons (Fsp3) is 0.333. The molecule has 0 saturated carbocycles. The van der Waals surface area contributed by atoms with Gasteiger partial charge in [0.05, 0.1) is 15.0 Å². The number of rotatable bonds is 1. The van der Waals surface area contributed by atoms with E-state index in [1.54, 1.807) is 13.8 Å². The Kier molecular flexibility index (Phi) is 2.80. The van der Waals surface area contributed by atoms with Crippen molar-refractivity contribution in [2.45, 2.75) is 20.8 Å². The van der Waals surface area contributed by atoms with Crippen molar-refractivity contribution in [3.05, 3.63) is 31.3 Å². The van der Waals surface area contributed by atoms with Gasteiger partial charge in [-0.05, 0) is 47.8 Å². The van der Waals surface area contributed by atoms with E-state index in [1.807, 2.05) is 0 Å². The van der Waals surface area contributed by atoms with Crippen LogP contribution in [0.2, 0.25) is 0 Å². The molecule has 0 unspecified atom stereocenters. The topological polar surface area (TPSA) is 63.4 Å². The molecule has 5 heteroatoms. The van der Waals surface area contributed by atoms with Gasteiger partial charge in [0.2, 0.25) is 0 Å². The van der Waals surface area contributed by atoms with Gasteiger partial charge in [0.1, 0.15) is 5.75 Å². The van der Waals surface area contributed by atoms with Gasteiger partial charge in [0, 0.05) is 0 Å². The number of nitrogens with zero attached hydrogens (tertiary/aromatic N) is 1. The SMILES string of the molecule is Cc1c(C)c(Br)c([N+](=O)[O-])c(C)c1O. The molecule has 0 saturated heterocycles. The fourth-order valence-electron chi connectivity index (χ4n) is 1.29. The summed E-state index contributed by atoms with van der Waals surface area (Å²) in [7, 11) is 0. The van der Waals surface area contributed by atoms with E-state index >= 15 is 0 Å². The highest BCUT2D eigenvalue weighted by Crippen LogP contribution is 2.39. The third-order valence-electron chi connectivity index (χ3n) is 2.35. The monoisotopic (exact) mass is 259 g/mol. The van der Waals surface area contributed by atoms with Crippen LogP contribution in [-0.2, 0) is 0 Å². The molecule has 76 valence electrons. The fourth-order valence-corrected chi connectivity index (χ4v) is 2.03. The predicted octanol–water partition coefficient (Wildman–Crippen LogP) is 2.99. The van der Waals surface area contributed by atoms with Crippen molar-refractivity contribution in [2.75, 3.05) is 0 Å². The third-order valence-corrected chi connectivity index (χ3v) is 3.32. The maximum Gasteiger partial charge on any atom is 0.290 e. The van der Waals surface area contributed by atoms with Crippen LogP contribution in [-0.4, -0.2) is 10.0 Å². The molecule has 0 spiro atoms. The zero-order valence-corrected chi connectivity index (χ0v) is 9.67. The summed E-state index contributed by atoms with van der Waals surface area (Å²) in [6, 6.07) is 0. The lowest BCUT2D eigenvalue weighted by Crippen LogP contribution is -1.97. The Morgan fingerprint density at radius 2 is 1.71 bits per heavy atom. The zero-order valence-electron chi connectivity index (χ0n) is 8.09. The zero-order chi connectivity index (χ0) is 11.0. The van der Waals surface area contributed by atoms with Crippen LogP contribution in [0.3, 0.4) is 0 Å². The number of aromatic hydroxyl groups is 1. The summed E-state index contributed by atoms with van der Waals surface area (Å²) in [5, 5.41) is 20.3. The Morgan fingerprint density at radius 1 is 1.21 bits per heavy atom. The van der Waals surface area contributed by atoms with Crippen LogP contribution in [0.15, 0.2) is 4.47 Å². The first-order valence-electron chi connectivity index (χ1n) is 4.00. The molecule has 0 radical (unpaired) electrons. The number of nitro benzene ring substituents is 1. The molecule has 0 atom stereocenters. The molecule has 0 bridgehead atoms. The minimum Gasteiger partial charge on any atom is -0.507 e. The number of nitro groups is 1. The maximum atomic E-state index is 10.7. The standard InChI is InChI=1S/C9H10BrNO3/c1-4-5(2)9(12)6(3)8(7(4)10)11(13)14/h12H,1-3H3. The van der Waals surface area contributed by atoms with E-state index in [-0.39, 0.29) is 11.4 Å². The summed E-state index contributed by atoms with van der Waals surface area (Å²) in [5.74, 6) is -0.00241. The third kappa shape index (κ3) is 1.48. The van der Waals surface area contributed by atoms with Gasteiger partial charge in [-0.1, -0.05) is 0 Å². The van der Waals surface area contributed by atoms with Crippen LogP contribution >= 0.6 is 15.9 Å². The van der Waals surface area contributed by atoms with Crippen molar-refractivity contribution in [3.63, 3.8) is 0 Å². The summed E-state index contributed by atoms with van der Waals surface area (Å²) < 4.78 is 0.440. The van der Waals surface area contributed by atoms with E-state index in [0.29, 0.717) is 21.2 Å². The molecule has 0 aromatic heterocycles. The molecule has 0 fully saturated rings. The van der Waals surface area contributed by atoms with Crippen molar-refractivity contribution >= 4 is 21.6 Å². The number of hydrogen-bond acceptors (Lipinski definition) is 3. The quantitative estimate of drug-likeness (QED) is 0.623. The average molecular weight is 260 g/mol. The van der Waals surface area contributed by atoms with Crippen LogP contribution in [0.4, 0.5) is 5.69 Å². The van der Waals surface area contributed by atoms with Gasteiger partial charge in [-0.25, -0.2) is 0 Å². The molecular formula is C9H10BrNO3. The van der Waals surface area contributed by atoms with Crippen LogP contribution in [0.25, 0.3) is 0 Å². The maximum absolute atomic E-state index is 10.7. The number of halogens is 1. The highest BCUT2D eigenvalue weighted by molar-refractivity contribution is 9.10. The highest BCUT2D eigenvalue weighted by atomic mass is 79.9. The lowest BCUT2D eigenvalue weighted by molar-refractivity contribution is -0.386. The van der Waals surface area contributed by atoms with Crippen molar-refractivity contribution in [2.24, 2.45) is 0 Å². The molecule has 0 heterocycles. The van der Waals surface area contributed by atoms with E-state index in [9.17, 15) is 15.2 Å². The first-order chi connectivity index (χ1) is 6.37. The van der Waals surface area contributed by atoms with E-state index in [4.69, 9.17) is 0 Å². The molecule has 0 aliphatic heterocycles. The summed E-state index contributed by atoms with van der Waals surface area (Å²) in [4.78, 5) is 10.2. The Bertz CT molecular complexity index is 386. The molecule has 1 N–H and O–H groups in total. The lowest BCUT2D eigenvalue weighted by Gasteiger charge is -2.09. The van der Waals surface area contributed by atoms with Crippen LogP contribution in [0.5, 0.6) is 5.75 Å². The summed E-state index contributed by atoms with van der Waals surface area (Å²) >= 11 is 3.16. The second-order valence-corrected chi connectivity index (χ2v) is 3.94. The first-order valence-corrected chi connectivity index (χ1v) is 4.79. The minimum absolute atomic E-state index is 0.00241. The molecule has 0 aliphatic carbocycles. The molecule has 4 nitrogen and oxygen atoms in total. The van der Waals surface area contributed by atoms with Crippen molar-refractivity contribution in [3.8, 4) is 5.75 Å².